The molecule has 7 heteroatoms. The molecule has 0 aliphatic carbocycles. The fraction of sp³-hybridized carbons (Fsp3) is 0.200. The van der Waals surface area contributed by atoms with Crippen molar-refractivity contribution in [2.45, 2.75) is 12.5 Å². The molecule has 1 fully saturated rings. The largest absolute Gasteiger partial charge is 0.494 e. The minimum atomic E-state index is -3.04. The van der Waals surface area contributed by atoms with Gasteiger partial charge in [-0.05, 0) is 24.6 Å². The second-order valence-corrected chi connectivity index (χ2v) is 8.82. The monoisotopic (exact) mass is 382 g/mol. The maximum atomic E-state index is 12.9. The number of pyridine rings is 1. The Balaban J connectivity index is 1.91. The Hall–Kier alpha value is -2.93. The molecular weight excluding hydrogens is 364 g/mol. The molecule has 3 aromatic rings. The predicted octanol–water partition coefficient (Wildman–Crippen LogP) is 2.30. The van der Waals surface area contributed by atoms with E-state index in [1.165, 1.54) is 10.8 Å². The van der Waals surface area contributed by atoms with Crippen molar-refractivity contribution in [1.82, 2.24) is 4.57 Å². The van der Waals surface area contributed by atoms with Crippen LogP contribution in [0.3, 0.4) is 0 Å². The molecule has 138 valence electrons. The summed E-state index contributed by atoms with van der Waals surface area (Å²) in [7, 11) is -3.04. The quantitative estimate of drug-likeness (QED) is 0.704. The fourth-order valence-electron chi connectivity index (χ4n) is 3.38. The second-order valence-electron chi connectivity index (χ2n) is 6.59. The summed E-state index contributed by atoms with van der Waals surface area (Å²) in [6, 6.07) is 15.5. The first kappa shape index (κ1) is 17.5. The van der Waals surface area contributed by atoms with Gasteiger partial charge in [-0.25, -0.2) is 13.0 Å². The molecule has 1 N–H and O–H groups in total. The van der Waals surface area contributed by atoms with Gasteiger partial charge in [0.15, 0.2) is 9.84 Å². The van der Waals surface area contributed by atoms with Crippen molar-refractivity contribution in [3.63, 3.8) is 0 Å². The van der Waals surface area contributed by atoms with Gasteiger partial charge in [0, 0.05) is 17.0 Å². The molecule has 27 heavy (non-hydrogen) atoms. The van der Waals surface area contributed by atoms with Crippen LogP contribution in [0.4, 0.5) is 0 Å². The molecule has 0 unspecified atom stereocenters. The molecule has 1 atom stereocenters. The highest BCUT2D eigenvalue weighted by atomic mass is 32.2. The summed E-state index contributed by atoms with van der Waals surface area (Å²) in [4.78, 5) is 17.3. The molecule has 0 amide bonds. The van der Waals surface area contributed by atoms with Crippen molar-refractivity contribution < 1.29 is 13.5 Å². The maximum absolute atomic E-state index is 12.9. The summed E-state index contributed by atoms with van der Waals surface area (Å²) in [5.41, 5.74) is 0.622. The Bertz CT molecular complexity index is 1200. The molecular formula is C20H18N2O4S. The van der Waals surface area contributed by atoms with E-state index in [4.69, 9.17) is 0 Å². The van der Waals surface area contributed by atoms with E-state index in [0.29, 0.717) is 28.4 Å². The van der Waals surface area contributed by atoms with Gasteiger partial charge in [-0.2, -0.15) is 0 Å². The van der Waals surface area contributed by atoms with E-state index in [1.807, 2.05) is 6.07 Å². The van der Waals surface area contributed by atoms with Gasteiger partial charge < -0.3 is 5.11 Å². The van der Waals surface area contributed by atoms with Crippen LogP contribution >= 0.6 is 0 Å². The van der Waals surface area contributed by atoms with E-state index in [2.05, 4.69) is 4.99 Å². The van der Waals surface area contributed by atoms with Crippen molar-refractivity contribution in [2.24, 2.45) is 4.99 Å². The fourth-order valence-corrected chi connectivity index (χ4v) is 5.02. The van der Waals surface area contributed by atoms with Gasteiger partial charge >= 0.3 is 0 Å². The van der Waals surface area contributed by atoms with Crippen LogP contribution in [-0.2, 0) is 9.84 Å². The number of para-hydroxylation sites is 1. The van der Waals surface area contributed by atoms with Crippen LogP contribution < -0.4 is 5.56 Å². The Labute approximate surface area is 156 Å². The standard InChI is InChI=1S/C20H18N2O4S/c23-19-17-9-5-4-8-16(17)18(12-21-14-10-11-27(25,26)13-14)20(24)22(19)15-6-2-1-3-7-15/h1-9,12,14,24H,10-11,13H2/t14-/m0/s1. The molecule has 0 saturated carbocycles. The van der Waals surface area contributed by atoms with Gasteiger partial charge in [-0.3, -0.25) is 9.79 Å². The molecule has 0 spiro atoms. The van der Waals surface area contributed by atoms with Crippen molar-refractivity contribution >= 4 is 26.8 Å². The summed E-state index contributed by atoms with van der Waals surface area (Å²) in [5, 5.41) is 11.9. The summed E-state index contributed by atoms with van der Waals surface area (Å²) in [6.07, 6.45) is 1.96. The molecule has 4 rings (SSSR count). The molecule has 0 bridgehead atoms. The summed E-state index contributed by atoms with van der Waals surface area (Å²) in [5.74, 6) is -0.0688. The highest BCUT2D eigenvalue weighted by molar-refractivity contribution is 7.91. The summed E-state index contributed by atoms with van der Waals surface area (Å²) < 4.78 is 24.5. The van der Waals surface area contributed by atoms with E-state index < -0.39 is 9.84 Å². The topological polar surface area (TPSA) is 88.7 Å². The number of fused-ring (bicyclic) bond motifs is 1. The molecule has 2 aromatic carbocycles. The first-order chi connectivity index (χ1) is 13.0. The van der Waals surface area contributed by atoms with Crippen LogP contribution in [0.25, 0.3) is 16.5 Å². The lowest BCUT2D eigenvalue weighted by Crippen LogP contribution is -2.20. The average Bonchev–Trinajstić information content (AvgIpc) is 3.01. The third kappa shape index (κ3) is 3.26. The average molecular weight is 382 g/mol. The summed E-state index contributed by atoms with van der Waals surface area (Å²) >= 11 is 0. The van der Waals surface area contributed by atoms with Crippen molar-refractivity contribution in [1.29, 1.82) is 0 Å². The number of benzene rings is 2. The lowest BCUT2D eigenvalue weighted by Gasteiger charge is -2.14. The van der Waals surface area contributed by atoms with Crippen LogP contribution in [-0.4, -0.2) is 41.9 Å². The van der Waals surface area contributed by atoms with Gasteiger partial charge in [-0.1, -0.05) is 36.4 Å². The van der Waals surface area contributed by atoms with Crippen LogP contribution in [0.2, 0.25) is 0 Å². The number of hydrogen-bond acceptors (Lipinski definition) is 5. The highest BCUT2D eigenvalue weighted by Crippen LogP contribution is 2.26. The van der Waals surface area contributed by atoms with Gasteiger partial charge in [0.25, 0.3) is 5.56 Å². The lowest BCUT2D eigenvalue weighted by molar-refractivity contribution is 0.436. The van der Waals surface area contributed by atoms with Gasteiger partial charge in [-0.15, -0.1) is 0 Å². The van der Waals surface area contributed by atoms with Crippen LogP contribution in [0.15, 0.2) is 64.4 Å². The minimum Gasteiger partial charge on any atom is -0.494 e. The second kappa shape index (κ2) is 6.66. The Morgan fingerprint density at radius 1 is 1.04 bits per heavy atom. The zero-order valence-electron chi connectivity index (χ0n) is 14.4. The number of aliphatic imine (C=N–C) groups is 1. The van der Waals surface area contributed by atoms with E-state index in [9.17, 15) is 18.3 Å². The third-order valence-corrected chi connectivity index (χ3v) is 6.49. The maximum Gasteiger partial charge on any atom is 0.265 e. The van der Waals surface area contributed by atoms with Gasteiger partial charge in [0.1, 0.15) is 0 Å². The van der Waals surface area contributed by atoms with E-state index in [0.717, 1.165) is 0 Å². The highest BCUT2D eigenvalue weighted by Gasteiger charge is 2.27. The Morgan fingerprint density at radius 3 is 2.37 bits per heavy atom. The Morgan fingerprint density at radius 2 is 1.70 bits per heavy atom. The zero-order chi connectivity index (χ0) is 19.0. The minimum absolute atomic E-state index is 0.0144. The molecule has 2 heterocycles. The molecule has 1 saturated heterocycles. The molecule has 0 radical (unpaired) electrons. The Kier molecular flexibility index (Phi) is 4.31. The first-order valence-corrected chi connectivity index (χ1v) is 10.4. The smallest absolute Gasteiger partial charge is 0.265 e. The molecule has 1 aliphatic rings. The van der Waals surface area contributed by atoms with Crippen molar-refractivity contribution in [3.05, 3.63) is 70.5 Å². The van der Waals surface area contributed by atoms with Crippen LogP contribution in [0, 0.1) is 0 Å². The number of sulfone groups is 1. The lowest BCUT2D eigenvalue weighted by atomic mass is 10.1. The van der Waals surface area contributed by atoms with Crippen molar-refractivity contribution in [3.8, 4) is 11.6 Å². The van der Waals surface area contributed by atoms with Crippen LogP contribution in [0.1, 0.15) is 12.0 Å². The molecule has 1 aromatic heterocycles. The zero-order valence-corrected chi connectivity index (χ0v) is 15.3. The van der Waals surface area contributed by atoms with E-state index in [-0.39, 0.29) is 29.0 Å². The number of aromatic hydroxyl groups is 1. The number of nitrogens with zero attached hydrogens (tertiary/aromatic N) is 2. The number of hydrogen-bond donors (Lipinski definition) is 1. The predicted molar refractivity (Wildman–Crippen MR) is 106 cm³/mol. The van der Waals surface area contributed by atoms with Gasteiger partial charge in [0.2, 0.25) is 5.88 Å². The molecule has 6 nitrogen and oxygen atoms in total. The third-order valence-electron chi connectivity index (χ3n) is 4.74. The normalized spacial score (nSPS) is 19.0. The van der Waals surface area contributed by atoms with E-state index in [1.54, 1.807) is 48.5 Å². The first-order valence-electron chi connectivity index (χ1n) is 8.62. The van der Waals surface area contributed by atoms with Crippen LogP contribution in [0.5, 0.6) is 5.88 Å². The van der Waals surface area contributed by atoms with Crippen molar-refractivity contribution in [2.75, 3.05) is 11.5 Å². The molecule has 1 aliphatic heterocycles. The SMILES string of the molecule is O=c1c2ccccc2c(C=N[C@H]2CCS(=O)(=O)C2)c(O)n1-c1ccccc1. The number of aromatic nitrogens is 1. The summed E-state index contributed by atoms with van der Waals surface area (Å²) in [6.45, 7) is 0. The van der Waals surface area contributed by atoms with E-state index >= 15 is 0 Å². The number of rotatable bonds is 3. The van der Waals surface area contributed by atoms with Gasteiger partial charge in [0.05, 0.1) is 28.8 Å².